The molecule has 1 heterocycles. The van der Waals surface area contributed by atoms with Gasteiger partial charge in [0.05, 0.1) is 18.6 Å². The minimum atomic E-state index is 0.0107. The van der Waals surface area contributed by atoms with E-state index in [1.165, 1.54) is 0 Å². The van der Waals surface area contributed by atoms with Crippen LogP contribution >= 0.6 is 0 Å². The molecule has 0 aromatic rings. The van der Waals surface area contributed by atoms with Gasteiger partial charge in [-0.1, -0.05) is 0 Å². The van der Waals surface area contributed by atoms with Gasteiger partial charge in [0, 0.05) is 12.6 Å². The Labute approximate surface area is 91.0 Å². The van der Waals surface area contributed by atoms with Crippen LogP contribution in [0, 0.1) is 5.92 Å². The highest BCUT2D eigenvalue weighted by Crippen LogP contribution is 2.19. The first-order valence-corrected chi connectivity index (χ1v) is 5.66. The second-order valence-electron chi connectivity index (χ2n) is 4.35. The monoisotopic (exact) mass is 215 g/mol. The smallest absolute Gasteiger partial charge is 0.225 e. The normalized spacial score (nSPS) is 27.7. The summed E-state index contributed by atoms with van der Waals surface area (Å²) in [5.74, 6) is 0.0985. The maximum absolute atomic E-state index is 11.7. The zero-order chi connectivity index (χ0) is 11.3. The average molecular weight is 215 g/mol. The molecular formula is C11H21NO3. The van der Waals surface area contributed by atoms with E-state index in [1.54, 1.807) is 0 Å². The zero-order valence-electron chi connectivity index (χ0n) is 9.53. The molecule has 1 aliphatic rings. The number of amides is 1. The van der Waals surface area contributed by atoms with Crippen LogP contribution in [-0.2, 0) is 9.53 Å². The molecule has 1 aliphatic heterocycles. The van der Waals surface area contributed by atoms with Crippen LogP contribution in [0.1, 0.15) is 33.1 Å². The van der Waals surface area contributed by atoms with Gasteiger partial charge in [0.1, 0.15) is 0 Å². The van der Waals surface area contributed by atoms with Crippen LogP contribution in [0.25, 0.3) is 0 Å². The van der Waals surface area contributed by atoms with Crippen LogP contribution < -0.4 is 5.32 Å². The molecule has 88 valence electrons. The van der Waals surface area contributed by atoms with Crippen molar-refractivity contribution in [3.05, 3.63) is 0 Å². The number of ether oxygens (including phenoxy) is 1. The number of hydrogen-bond acceptors (Lipinski definition) is 3. The Morgan fingerprint density at radius 2 is 2.40 bits per heavy atom. The van der Waals surface area contributed by atoms with Gasteiger partial charge in [-0.3, -0.25) is 4.79 Å². The lowest BCUT2D eigenvalue weighted by Crippen LogP contribution is -2.37. The van der Waals surface area contributed by atoms with Crippen molar-refractivity contribution in [1.82, 2.24) is 5.32 Å². The highest BCUT2D eigenvalue weighted by atomic mass is 16.5. The number of hydrogen-bond donors (Lipinski definition) is 2. The van der Waals surface area contributed by atoms with E-state index in [2.05, 4.69) is 5.32 Å². The largest absolute Gasteiger partial charge is 0.396 e. The molecule has 0 radical (unpaired) electrons. The van der Waals surface area contributed by atoms with Crippen molar-refractivity contribution in [1.29, 1.82) is 0 Å². The number of aliphatic hydroxyl groups is 1. The molecule has 1 fully saturated rings. The molecule has 4 heteroatoms. The Morgan fingerprint density at radius 1 is 1.67 bits per heavy atom. The third-order valence-corrected chi connectivity index (χ3v) is 2.75. The molecule has 3 unspecified atom stereocenters. The molecule has 0 aromatic carbocycles. The van der Waals surface area contributed by atoms with Gasteiger partial charge >= 0.3 is 0 Å². The predicted octanol–water partition coefficient (Wildman–Crippen LogP) is 0.689. The minimum absolute atomic E-state index is 0.0107. The van der Waals surface area contributed by atoms with Gasteiger partial charge < -0.3 is 15.2 Å². The number of carbonyl (C=O) groups is 1. The van der Waals surface area contributed by atoms with E-state index in [0.29, 0.717) is 6.61 Å². The van der Waals surface area contributed by atoms with Crippen LogP contribution in [-0.4, -0.2) is 36.4 Å². The first-order valence-electron chi connectivity index (χ1n) is 5.66. The third-order valence-electron chi connectivity index (χ3n) is 2.75. The molecule has 2 N–H and O–H groups in total. The fourth-order valence-electron chi connectivity index (χ4n) is 1.83. The molecule has 1 rings (SSSR count). The predicted molar refractivity (Wildman–Crippen MR) is 57.4 cm³/mol. The first kappa shape index (κ1) is 12.5. The van der Waals surface area contributed by atoms with Gasteiger partial charge in [-0.05, 0) is 33.1 Å². The third kappa shape index (κ3) is 4.18. The fourth-order valence-corrected chi connectivity index (χ4v) is 1.83. The molecule has 1 saturated heterocycles. The molecule has 3 atom stereocenters. The van der Waals surface area contributed by atoms with E-state index in [-0.39, 0.29) is 30.6 Å². The van der Waals surface area contributed by atoms with Gasteiger partial charge in [0.15, 0.2) is 0 Å². The van der Waals surface area contributed by atoms with Crippen LogP contribution in [0.15, 0.2) is 0 Å². The quantitative estimate of drug-likeness (QED) is 0.709. The SMILES string of the molecule is CC(CCCO)NC(=O)C1COC(C)C1. The van der Waals surface area contributed by atoms with E-state index < -0.39 is 0 Å². The van der Waals surface area contributed by atoms with Crippen LogP contribution in [0.4, 0.5) is 0 Å². The molecular weight excluding hydrogens is 194 g/mol. The van der Waals surface area contributed by atoms with Gasteiger partial charge in [0.25, 0.3) is 0 Å². The van der Waals surface area contributed by atoms with Gasteiger partial charge in [-0.15, -0.1) is 0 Å². The van der Waals surface area contributed by atoms with Crippen molar-refractivity contribution in [3.8, 4) is 0 Å². The van der Waals surface area contributed by atoms with Crippen molar-refractivity contribution in [2.24, 2.45) is 5.92 Å². The Bertz CT molecular complexity index is 208. The van der Waals surface area contributed by atoms with E-state index in [4.69, 9.17) is 9.84 Å². The van der Waals surface area contributed by atoms with Crippen LogP contribution in [0.5, 0.6) is 0 Å². The molecule has 1 amide bonds. The van der Waals surface area contributed by atoms with Crippen LogP contribution in [0.2, 0.25) is 0 Å². The summed E-state index contributed by atoms with van der Waals surface area (Å²) in [4.78, 5) is 11.7. The zero-order valence-corrected chi connectivity index (χ0v) is 9.53. The van der Waals surface area contributed by atoms with E-state index in [9.17, 15) is 4.79 Å². The Balaban J connectivity index is 2.23. The minimum Gasteiger partial charge on any atom is -0.396 e. The van der Waals surface area contributed by atoms with Gasteiger partial charge in [-0.25, -0.2) is 0 Å². The lowest BCUT2D eigenvalue weighted by molar-refractivity contribution is -0.125. The number of nitrogens with one attached hydrogen (secondary N) is 1. The van der Waals surface area contributed by atoms with Crippen molar-refractivity contribution >= 4 is 5.91 Å². The summed E-state index contributed by atoms with van der Waals surface area (Å²) in [6.07, 6.45) is 2.58. The standard InChI is InChI=1S/C11H21NO3/c1-8(4-3-5-13)12-11(14)10-6-9(2)15-7-10/h8-10,13H,3-7H2,1-2H3,(H,12,14). The van der Waals surface area contributed by atoms with Crippen molar-refractivity contribution in [2.75, 3.05) is 13.2 Å². The summed E-state index contributed by atoms with van der Waals surface area (Å²) in [6.45, 7) is 4.68. The maximum atomic E-state index is 11.7. The van der Waals surface area contributed by atoms with Crippen molar-refractivity contribution in [3.63, 3.8) is 0 Å². The molecule has 0 saturated carbocycles. The molecule has 0 aromatic heterocycles. The second-order valence-corrected chi connectivity index (χ2v) is 4.35. The van der Waals surface area contributed by atoms with Gasteiger partial charge in [0.2, 0.25) is 5.91 Å². The lowest BCUT2D eigenvalue weighted by Gasteiger charge is -2.15. The van der Waals surface area contributed by atoms with Crippen molar-refractivity contribution < 1.29 is 14.6 Å². The van der Waals surface area contributed by atoms with Crippen LogP contribution in [0.3, 0.4) is 0 Å². The highest BCUT2D eigenvalue weighted by Gasteiger charge is 2.28. The van der Waals surface area contributed by atoms with E-state index in [0.717, 1.165) is 19.3 Å². The Hall–Kier alpha value is -0.610. The summed E-state index contributed by atoms with van der Waals surface area (Å²) in [6, 6.07) is 0.139. The van der Waals surface area contributed by atoms with Crippen molar-refractivity contribution in [2.45, 2.75) is 45.3 Å². The molecule has 4 nitrogen and oxygen atoms in total. The Morgan fingerprint density at radius 3 is 2.93 bits per heavy atom. The summed E-state index contributed by atoms with van der Waals surface area (Å²) < 4.78 is 5.35. The fraction of sp³-hybridized carbons (Fsp3) is 0.909. The molecule has 0 spiro atoms. The molecule has 15 heavy (non-hydrogen) atoms. The second kappa shape index (κ2) is 6.08. The molecule has 0 aliphatic carbocycles. The average Bonchev–Trinajstić information content (AvgIpc) is 2.61. The summed E-state index contributed by atoms with van der Waals surface area (Å²) >= 11 is 0. The Kier molecular flexibility index (Phi) is 5.05. The summed E-state index contributed by atoms with van der Waals surface area (Å²) in [5.41, 5.74) is 0. The van der Waals surface area contributed by atoms with E-state index in [1.807, 2.05) is 13.8 Å². The topological polar surface area (TPSA) is 58.6 Å². The maximum Gasteiger partial charge on any atom is 0.225 e. The van der Waals surface area contributed by atoms with Gasteiger partial charge in [-0.2, -0.15) is 0 Å². The van der Waals surface area contributed by atoms with E-state index >= 15 is 0 Å². The number of aliphatic hydroxyl groups excluding tert-OH is 1. The highest BCUT2D eigenvalue weighted by molar-refractivity contribution is 5.79. The molecule has 0 bridgehead atoms. The summed E-state index contributed by atoms with van der Waals surface area (Å²) in [7, 11) is 0. The number of rotatable bonds is 5. The first-order chi connectivity index (χ1) is 7.13. The number of carbonyl (C=O) groups excluding carboxylic acids is 1. The lowest BCUT2D eigenvalue weighted by atomic mass is 10.0. The summed E-state index contributed by atoms with van der Waals surface area (Å²) in [5, 5.41) is 11.6.